The van der Waals surface area contributed by atoms with Gasteiger partial charge in [0.2, 0.25) is 0 Å². The number of benzene rings is 1. The quantitative estimate of drug-likeness (QED) is 0.854. The number of hydrogen-bond donors (Lipinski definition) is 1. The van der Waals surface area contributed by atoms with Crippen molar-refractivity contribution >= 4 is 5.91 Å². The van der Waals surface area contributed by atoms with E-state index in [9.17, 15) is 4.79 Å². The lowest BCUT2D eigenvalue weighted by atomic mass is 9.91. The Kier molecular flexibility index (Phi) is 4.80. The highest BCUT2D eigenvalue weighted by Crippen LogP contribution is 2.28. The molecular weight excluding hydrogens is 242 g/mol. The fourth-order valence-corrected chi connectivity index (χ4v) is 2.34. The van der Waals surface area contributed by atoms with Gasteiger partial charge in [0, 0.05) is 12.6 Å². The second-order valence-corrected chi connectivity index (χ2v) is 4.74. The lowest BCUT2D eigenvalue weighted by molar-refractivity contribution is 0.0522. The summed E-state index contributed by atoms with van der Waals surface area (Å²) in [6.07, 6.45) is 3.22. The number of rotatable bonds is 6. The van der Waals surface area contributed by atoms with Crippen molar-refractivity contribution in [1.82, 2.24) is 4.90 Å². The summed E-state index contributed by atoms with van der Waals surface area (Å²) in [6, 6.07) is 7.58. The maximum Gasteiger partial charge on any atom is 0.257 e. The van der Waals surface area contributed by atoms with Crippen LogP contribution in [0.5, 0.6) is 5.75 Å². The highest BCUT2D eigenvalue weighted by Gasteiger charge is 2.30. The largest absolute Gasteiger partial charge is 0.493 e. The van der Waals surface area contributed by atoms with Crippen LogP contribution in [0.1, 0.15) is 36.5 Å². The number of para-hydroxylation sites is 1. The van der Waals surface area contributed by atoms with Crippen LogP contribution in [0.25, 0.3) is 0 Å². The predicted molar refractivity (Wildman–Crippen MR) is 73.4 cm³/mol. The van der Waals surface area contributed by atoms with Gasteiger partial charge in [-0.05, 0) is 38.3 Å². The van der Waals surface area contributed by atoms with Gasteiger partial charge in [-0.25, -0.2) is 0 Å². The van der Waals surface area contributed by atoms with Crippen molar-refractivity contribution in [3.05, 3.63) is 29.8 Å². The van der Waals surface area contributed by atoms with Crippen molar-refractivity contribution in [1.29, 1.82) is 0 Å². The van der Waals surface area contributed by atoms with E-state index in [4.69, 9.17) is 9.84 Å². The smallest absolute Gasteiger partial charge is 0.257 e. The van der Waals surface area contributed by atoms with E-state index in [1.807, 2.05) is 25.1 Å². The van der Waals surface area contributed by atoms with E-state index in [0.717, 1.165) is 19.3 Å². The number of carbonyl (C=O) groups excluding carboxylic acids is 1. The molecule has 19 heavy (non-hydrogen) atoms. The Morgan fingerprint density at radius 3 is 2.74 bits per heavy atom. The Bertz CT molecular complexity index is 429. The van der Waals surface area contributed by atoms with E-state index in [1.165, 1.54) is 0 Å². The first-order valence-corrected chi connectivity index (χ1v) is 6.91. The van der Waals surface area contributed by atoms with Gasteiger partial charge in [-0.15, -0.1) is 0 Å². The molecule has 4 nitrogen and oxygen atoms in total. The summed E-state index contributed by atoms with van der Waals surface area (Å²) in [7, 11) is 0. The number of hydrogen-bond acceptors (Lipinski definition) is 3. The van der Waals surface area contributed by atoms with Crippen molar-refractivity contribution in [3.8, 4) is 5.75 Å². The maximum atomic E-state index is 12.6. The summed E-state index contributed by atoms with van der Waals surface area (Å²) in [6.45, 7) is 2.83. The number of nitrogens with zero attached hydrogens (tertiary/aromatic N) is 1. The van der Waals surface area contributed by atoms with Crippen LogP contribution in [0, 0.1) is 0 Å². The Balaban J connectivity index is 2.20. The van der Waals surface area contributed by atoms with Gasteiger partial charge in [0.05, 0.1) is 18.8 Å². The van der Waals surface area contributed by atoms with Crippen molar-refractivity contribution in [2.24, 2.45) is 0 Å². The molecular formula is C15H21NO3. The molecule has 0 aliphatic heterocycles. The van der Waals surface area contributed by atoms with Crippen LogP contribution in [0.4, 0.5) is 0 Å². The zero-order valence-electron chi connectivity index (χ0n) is 11.3. The normalized spacial score (nSPS) is 14.8. The van der Waals surface area contributed by atoms with Gasteiger partial charge in [0.15, 0.2) is 0 Å². The summed E-state index contributed by atoms with van der Waals surface area (Å²) in [5.74, 6) is 0.583. The van der Waals surface area contributed by atoms with Crippen molar-refractivity contribution in [2.75, 3.05) is 19.8 Å². The molecule has 1 N–H and O–H groups in total. The van der Waals surface area contributed by atoms with Gasteiger partial charge < -0.3 is 14.7 Å². The van der Waals surface area contributed by atoms with E-state index in [1.54, 1.807) is 11.0 Å². The summed E-state index contributed by atoms with van der Waals surface area (Å²) >= 11 is 0. The number of carbonyl (C=O) groups is 1. The Hall–Kier alpha value is -1.55. The van der Waals surface area contributed by atoms with E-state index < -0.39 is 0 Å². The highest BCUT2D eigenvalue weighted by molar-refractivity contribution is 5.97. The first-order chi connectivity index (χ1) is 9.27. The van der Waals surface area contributed by atoms with Crippen LogP contribution >= 0.6 is 0 Å². The molecule has 1 aromatic carbocycles. The monoisotopic (exact) mass is 263 g/mol. The summed E-state index contributed by atoms with van der Waals surface area (Å²) in [5.41, 5.74) is 0.588. The van der Waals surface area contributed by atoms with Crippen LogP contribution in [0.3, 0.4) is 0 Å². The molecule has 0 heterocycles. The van der Waals surface area contributed by atoms with Crippen molar-refractivity contribution in [3.63, 3.8) is 0 Å². The molecule has 0 atom stereocenters. The van der Waals surface area contributed by atoms with E-state index in [-0.39, 0.29) is 18.6 Å². The molecule has 1 aromatic rings. The minimum atomic E-state index is -0.0391. The van der Waals surface area contributed by atoms with E-state index in [0.29, 0.717) is 24.5 Å². The van der Waals surface area contributed by atoms with Gasteiger partial charge in [-0.1, -0.05) is 12.1 Å². The van der Waals surface area contributed by atoms with E-state index in [2.05, 4.69) is 0 Å². The number of amides is 1. The van der Waals surface area contributed by atoms with Gasteiger partial charge in [0.1, 0.15) is 5.75 Å². The SMILES string of the molecule is CCOc1ccccc1C(=O)N(CCO)C1CCC1. The van der Waals surface area contributed by atoms with Crippen LogP contribution < -0.4 is 4.74 Å². The molecule has 0 bridgehead atoms. The standard InChI is InChI=1S/C15H21NO3/c1-2-19-14-9-4-3-8-13(14)15(18)16(10-11-17)12-6-5-7-12/h3-4,8-9,12,17H,2,5-7,10-11H2,1H3. The third-order valence-corrected chi connectivity index (χ3v) is 3.53. The molecule has 0 radical (unpaired) electrons. The molecule has 0 unspecified atom stereocenters. The predicted octanol–water partition coefficient (Wildman–Crippen LogP) is 2.07. The van der Waals surface area contributed by atoms with Crippen molar-refractivity contribution < 1.29 is 14.6 Å². The van der Waals surface area contributed by atoms with Gasteiger partial charge >= 0.3 is 0 Å². The van der Waals surface area contributed by atoms with Crippen LogP contribution in [0.2, 0.25) is 0 Å². The second kappa shape index (κ2) is 6.57. The average molecular weight is 263 g/mol. The summed E-state index contributed by atoms with van der Waals surface area (Å²) < 4.78 is 5.51. The Morgan fingerprint density at radius 1 is 1.42 bits per heavy atom. The lowest BCUT2D eigenvalue weighted by Crippen LogP contribution is -2.45. The minimum Gasteiger partial charge on any atom is -0.493 e. The zero-order valence-corrected chi connectivity index (χ0v) is 11.3. The molecule has 1 saturated carbocycles. The molecule has 0 saturated heterocycles. The summed E-state index contributed by atoms with van der Waals surface area (Å²) in [4.78, 5) is 14.4. The molecule has 1 aliphatic rings. The van der Waals surface area contributed by atoms with E-state index >= 15 is 0 Å². The highest BCUT2D eigenvalue weighted by atomic mass is 16.5. The fraction of sp³-hybridized carbons (Fsp3) is 0.533. The minimum absolute atomic E-state index is 0.000951. The molecule has 2 rings (SSSR count). The Labute approximate surface area is 114 Å². The van der Waals surface area contributed by atoms with Gasteiger partial charge in [-0.3, -0.25) is 4.79 Å². The van der Waals surface area contributed by atoms with Crippen LogP contribution in [0.15, 0.2) is 24.3 Å². The zero-order chi connectivity index (χ0) is 13.7. The molecule has 4 heteroatoms. The number of aliphatic hydroxyl groups excluding tert-OH is 1. The molecule has 0 aromatic heterocycles. The maximum absolute atomic E-state index is 12.6. The second-order valence-electron chi connectivity index (χ2n) is 4.74. The van der Waals surface area contributed by atoms with Gasteiger partial charge in [0.25, 0.3) is 5.91 Å². The topological polar surface area (TPSA) is 49.8 Å². The third kappa shape index (κ3) is 3.07. The Morgan fingerprint density at radius 2 is 2.16 bits per heavy atom. The van der Waals surface area contributed by atoms with Crippen LogP contribution in [-0.2, 0) is 0 Å². The molecule has 1 fully saturated rings. The fourth-order valence-electron chi connectivity index (χ4n) is 2.34. The third-order valence-electron chi connectivity index (χ3n) is 3.53. The number of aliphatic hydroxyl groups is 1. The average Bonchev–Trinajstić information content (AvgIpc) is 2.36. The molecule has 1 amide bonds. The first-order valence-electron chi connectivity index (χ1n) is 6.91. The molecule has 1 aliphatic carbocycles. The lowest BCUT2D eigenvalue weighted by Gasteiger charge is -2.37. The first kappa shape index (κ1) is 13.9. The van der Waals surface area contributed by atoms with Crippen molar-refractivity contribution in [2.45, 2.75) is 32.2 Å². The summed E-state index contributed by atoms with van der Waals surface area (Å²) in [5, 5.41) is 9.15. The number of ether oxygens (including phenoxy) is 1. The molecule has 0 spiro atoms. The van der Waals surface area contributed by atoms with Crippen LogP contribution in [-0.4, -0.2) is 41.7 Å². The molecule has 104 valence electrons. The van der Waals surface area contributed by atoms with Gasteiger partial charge in [-0.2, -0.15) is 0 Å².